The van der Waals surface area contributed by atoms with E-state index in [1.807, 2.05) is 0 Å². The van der Waals surface area contributed by atoms with E-state index in [-0.39, 0.29) is 0 Å². The van der Waals surface area contributed by atoms with Crippen molar-refractivity contribution in [2.45, 2.75) is 31.6 Å². The molecule has 0 aromatic rings. The molecule has 0 nitrogen and oxygen atoms in total. The van der Waals surface area contributed by atoms with Gasteiger partial charge >= 0.3 is 0 Å². The minimum absolute atomic E-state index is 0.429. The fourth-order valence-corrected chi connectivity index (χ4v) is 1.62. The standard InChI is InChI=1S/C7H12Cl/c1-6-3-2-4-7(8)5-6/h2,6-7H,3-5H2,1H3. The van der Waals surface area contributed by atoms with Crippen LogP contribution in [0.3, 0.4) is 0 Å². The number of hydrogen-bond donors (Lipinski definition) is 0. The van der Waals surface area contributed by atoms with Crippen LogP contribution in [0.2, 0.25) is 0 Å². The van der Waals surface area contributed by atoms with Crippen LogP contribution in [0.1, 0.15) is 26.2 Å². The first-order valence-corrected chi connectivity index (χ1v) is 3.68. The molecule has 1 rings (SSSR count). The highest BCUT2D eigenvalue weighted by Gasteiger charge is 2.15. The quantitative estimate of drug-likeness (QED) is 0.444. The van der Waals surface area contributed by atoms with Crippen molar-refractivity contribution in [1.29, 1.82) is 0 Å². The molecule has 2 unspecified atom stereocenters. The largest absolute Gasteiger partial charge is 0.123 e. The van der Waals surface area contributed by atoms with Gasteiger partial charge in [-0.05, 0) is 31.6 Å². The van der Waals surface area contributed by atoms with Gasteiger partial charge in [-0.15, -0.1) is 11.6 Å². The maximum absolute atomic E-state index is 5.88. The molecule has 1 radical (unpaired) electrons. The highest BCUT2D eigenvalue weighted by atomic mass is 35.5. The Labute approximate surface area is 56.2 Å². The molecule has 0 spiro atoms. The third kappa shape index (κ3) is 1.66. The van der Waals surface area contributed by atoms with E-state index in [0.29, 0.717) is 5.38 Å². The summed E-state index contributed by atoms with van der Waals surface area (Å²) >= 11 is 5.88. The zero-order chi connectivity index (χ0) is 5.98. The highest BCUT2D eigenvalue weighted by Crippen LogP contribution is 2.25. The number of halogens is 1. The Hall–Kier alpha value is 0.290. The molecule has 0 aromatic heterocycles. The zero-order valence-electron chi connectivity index (χ0n) is 5.23. The van der Waals surface area contributed by atoms with E-state index in [0.717, 1.165) is 12.3 Å². The predicted octanol–water partition coefficient (Wildman–Crippen LogP) is 2.62. The molecule has 0 aliphatic heterocycles. The zero-order valence-corrected chi connectivity index (χ0v) is 5.99. The Morgan fingerprint density at radius 1 is 1.50 bits per heavy atom. The van der Waals surface area contributed by atoms with E-state index < -0.39 is 0 Å². The summed E-state index contributed by atoms with van der Waals surface area (Å²) < 4.78 is 0. The summed E-state index contributed by atoms with van der Waals surface area (Å²) in [4.78, 5) is 0. The monoisotopic (exact) mass is 131 g/mol. The molecule has 0 N–H and O–H groups in total. The number of hydrogen-bond acceptors (Lipinski definition) is 0. The van der Waals surface area contributed by atoms with Crippen LogP contribution in [0.4, 0.5) is 0 Å². The lowest BCUT2D eigenvalue weighted by molar-refractivity contribution is 0.453. The molecule has 1 heteroatoms. The van der Waals surface area contributed by atoms with Crippen LogP contribution >= 0.6 is 11.6 Å². The normalized spacial score (nSPS) is 39.8. The Bertz CT molecular complexity index is 62.8. The van der Waals surface area contributed by atoms with Gasteiger partial charge in [0.15, 0.2) is 0 Å². The van der Waals surface area contributed by atoms with Crippen molar-refractivity contribution in [3.05, 3.63) is 6.42 Å². The molecule has 2 atom stereocenters. The molecule has 1 aliphatic carbocycles. The van der Waals surface area contributed by atoms with Crippen molar-refractivity contribution in [3.8, 4) is 0 Å². The molecule has 8 heavy (non-hydrogen) atoms. The maximum atomic E-state index is 5.88. The van der Waals surface area contributed by atoms with Gasteiger partial charge < -0.3 is 0 Å². The van der Waals surface area contributed by atoms with E-state index in [1.54, 1.807) is 0 Å². The van der Waals surface area contributed by atoms with Gasteiger partial charge in [-0.3, -0.25) is 0 Å². The van der Waals surface area contributed by atoms with Gasteiger partial charge in [0.2, 0.25) is 0 Å². The first-order chi connectivity index (χ1) is 3.79. The molecule has 1 saturated carbocycles. The maximum Gasteiger partial charge on any atom is 0.0341 e. The Balaban J connectivity index is 2.23. The highest BCUT2D eigenvalue weighted by molar-refractivity contribution is 6.20. The first kappa shape index (κ1) is 6.41. The summed E-state index contributed by atoms with van der Waals surface area (Å²) in [6.45, 7) is 2.26. The van der Waals surface area contributed by atoms with Crippen molar-refractivity contribution in [3.63, 3.8) is 0 Å². The second kappa shape index (κ2) is 2.72. The second-order valence-electron chi connectivity index (χ2n) is 2.70. The van der Waals surface area contributed by atoms with Crippen molar-refractivity contribution in [2.24, 2.45) is 5.92 Å². The van der Waals surface area contributed by atoms with Gasteiger partial charge in [-0.25, -0.2) is 0 Å². The summed E-state index contributed by atoms with van der Waals surface area (Å²) in [5.41, 5.74) is 0. The molecular weight excluding hydrogens is 120 g/mol. The predicted molar refractivity (Wildman–Crippen MR) is 37.0 cm³/mol. The van der Waals surface area contributed by atoms with Crippen molar-refractivity contribution in [1.82, 2.24) is 0 Å². The van der Waals surface area contributed by atoms with E-state index in [9.17, 15) is 0 Å². The summed E-state index contributed by atoms with van der Waals surface area (Å²) in [5.74, 6) is 0.825. The van der Waals surface area contributed by atoms with Gasteiger partial charge in [-0.2, -0.15) is 0 Å². The third-order valence-corrected chi connectivity index (χ3v) is 2.01. The van der Waals surface area contributed by atoms with Crippen LogP contribution in [-0.4, -0.2) is 5.38 Å². The average Bonchev–Trinajstić information content (AvgIpc) is 1.64. The molecule has 0 saturated heterocycles. The lowest BCUT2D eigenvalue weighted by atomic mass is 9.91. The summed E-state index contributed by atoms with van der Waals surface area (Å²) in [6, 6.07) is 0. The minimum atomic E-state index is 0.429. The topological polar surface area (TPSA) is 0 Å². The SMILES string of the molecule is CC1C[CH]CC(Cl)C1. The molecular formula is C7H12Cl. The van der Waals surface area contributed by atoms with Gasteiger partial charge in [0.1, 0.15) is 0 Å². The summed E-state index contributed by atoms with van der Waals surface area (Å²) in [5, 5.41) is 0.429. The van der Waals surface area contributed by atoms with Crippen LogP contribution in [0.5, 0.6) is 0 Å². The fourth-order valence-electron chi connectivity index (χ4n) is 1.19. The Kier molecular flexibility index (Phi) is 2.18. The van der Waals surface area contributed by atoms with Gasteiger partial charge in [0.05, 0.1) is 0 Å². The summed E-state index contributed by atoms with van der Waals surface area (Å²) in [6.07, 6.45) is 5.89. The van der Waals surface area contributed by atoms with Crippen LogP contribution in [-0.2, 0) is 0 Å². The van der Waals surface area contributed by atoms with Gasteiger partial charge in [0, 0.05) is 5.38 Å². The molecule has 0 aromatic carbocycles. The second-order valence-corrected chi connectivity index (χ2v) is 3.32. The fraction of sp³-hybridized carbons (Fsp3) is 0.857. The smallest absolute Gasteiger partial charge is 0.0341 e. The van der Waals surface area contributed by atoms with Crippen LogP contribution in [0, 0.1) is 12.3 Å². The van der Waals surface area contributed by atoms with Gasteiger partial charge in [-0.1, -0.05) is 6.92 Å². The lowest BCUT2D eigenvalue weighted by Crippen LogP contribution is -2.12. The van der Waals surface area contributed by atoms with Crippen LogP contribution in [0.25, 0.3) is 0 Å². The van der Waals surface area contributed by atoms with E-state index in [1.165, 1.54) is 12.8 Å². The van der Waals surface area contributed by atoms with Crippen LogP contribution in [0.15, 0.2) is 0 Å². The minimum Gasteiger partial charge on any atom is -0.123 e. The summed E-state index contributed by atoms with van der Waals surface area (Å²) in [7, 11) is 0. The van der Waals surface area contributed by atoms with Crippen LogP contribution < -0.4 is 0 Å². The Morgan fingerprint density at radius 2 is 2.25 bits per heavy atom. The number of rotatable bonds is 0. The van der Waals surface area contributed by atoms with E-state index >= 15 is 0 Å². The molecule has 47 valence electrons. The van der Waals surface area contributed by atoms with Crippen molar-refractivity contribution in [2.75, 3.05) is 0 Å². The van der Waals surface area contributed by atoms with Crippen molar-refractivity contribution < 1.29 is 0 Å². The lowest BCUT2D eigenvalue weighted by Gasteiger charge is -2.20. The molecule has 1 aliphatic rings. The first-order valence-electron chi connectivity index (χ1n) is 3.25. The number of alkyl halides is 1. The Morgan fingerprint density at radius 3 is 2.62 bits per heavy atom. The molecule has 0 amide bonds. The van der Waals surface area contributed by atoms with Crippen molar-refractivity contribution >= 4 is 11.6 Å². The van der Waals surface area contributed by atoms with Gasteiger partial charge in [0.25, 0.3) is 0 Å². The molecule has 1 fully saturated rings. The van der Waals surface area contributed by atoms with E-state index in [2.05, 4.69) is 13.3 Å². The molecule has 0 bridgehead atoms. The molecule has 0 heterocycles. The average molecular weight is 132 g/mol. The third-order valence-electron chi connectivity index (χ3n) is 1.65. The van der Waals surface area contributed by atoms with E-state index in [4.69, 9.17) is 11.6 Å².